The summed E-state index contributed by atoms with van der Waals surface area (Å²) in [6.07, 6.45) is 9.04. The van der Waals surface area contributed by atoms with E-state index in [2.05, 4.69) is 47.2 Å². The summed E-state index contributed by atoms with van der Waals surface area (Å²) in [6.45, 7) is 6.14. The first-order chi connectivity index (χ1) is 10.2. The molecule has 2 rings (SSSR count). The molecule has 1 aromatic rings. The first kappa shape index (κ1) is 16.8. The topological polar surface area (TPSA) is 21.3 Å². The van der Waals surface area contributed by atoms with E-state index in [0.29, 0.717) is 0 Å². The Labute approximate surface area is 137 Å². The van der Waals surface area contributed by atoms with Crippen LogP contribution in [-0.2, 0) is 6.54 Å². The van der Waals surface area contributed by atoms with Crippen molar-refractivity contribution in [3.05, 3.63) is 27.7 Å². The molecule has 21 heavy (non-hydrogen) atoms. The molecule has 0 saturated heterocycles. The first-order valence-corrected chi connectivity index (χ1v) is 9.15. The van der Waals surface area contributed by atoms with Crippen LogP contribution in [0.1, 0.15) is 63.0 Å². The zero-order valence-electron chi connectivity index (χ0n) is 13.4. The lowest BCUT2D eigenvalue weighted by Gasteiger charge is -2.15. The maximum absolute atomic E-state index is 6.10. The Balaban J connectivity index is 1.86. The highest BCUT2D eigenvalue weighted by Crippen LogP contribution is 2.29. The number of unbranched alkanes of at least 4 members (excludes halogenated alkanes) is 4. The van der Waals surface area contributed by atoms with Gasteiger partial charge in [-0.1, -0.05) is 48.5 Å². The molecule has 0 radical (unpaired) electrons. The maximum atomic E-state index is 6.10. The van der Waals surface area contributed by atoms with Crippen molar-refractivity contribution in [3.8, 4) is 5.75 Å². The summed E-state index contributed by atoms with van der Waals surface area (Å²) in [5, 5.41) is 3.59. The lowest BCUT2D eigenvalue weighted by Crippen LogP contribution is -2.16. The van der Waals surface area contributed by atoms with Crippen LogP contribution >= 0.6 is 15.9 Å². The van der Waals surface area contributed by atoms with E-state index in [1.54, 1.807) is 0 Å². The lowest BCUT2D eigenvalue weighted by atomic mass is 10.1. The quantitative estimate of drug-likeness (QED) is 0.571. The van der Waals surface area contributed by atoms with Gasteiger partial charge in [0.15, 0.2) is 0 Å². The second-order valence-electron chi connectivity index (χ2n) is 6.13. The third-order valence-corrected chi connectivity index (χ3v) is 4.43. The smallest absolute Gasteiger partial charge is 0.126 e. The van der Waals surface area contributed by atoms with Crippen molar-refractivity contribution in [3.63, 3.8) is 0 Å². The van der Waals surface area contributed by atoms with Crippen molar-refractivity contribution < 1.29 is 4.74 Å². The molecule has 0 amide bonds. The third-order valence-electron chi connectivity index (χ3n) is 3.97. The molecule has 2 nitrogen and oxygen atoms in total. The van der Waals surface area contributed by atoms with Gasteiger partial charge in [0, 0.05) is 22.6 Å². The van der Waals surface area contributed by atoms with E-state index in [9.17, 15) is 0 Å². The maximum Gasteiger partial charge on any atom is 0.126 e. The molecule has 0 atom stereocenters. The van der Waals surface area contributed by atoms with Gasteiger partial charge in [-0.25, -0.2) is 0 Å². The van der Waals surface area contributed by atoms with E-state index in [1.807, 2.05) is 0 Å². The molecule has 0 unspecified atom stereocenters. The molecule has 0 aliphatic heterocycles. The highest BCUT2D eigenvalue weighted by Gasteiger charge is 2.21. The lowest BCUT2D eigenvalue weighted by molar-refractivity contribution is 0.299. The molecule has 1 saturated carbocycles. The average molecular weight is 354 g/mol. The molecule has 3 heteroatoms. The molecule has 0 bridgehead atoms. The number of ether oxygens (including phenoxy) is 1. The number of benzene rings is 1. The summed E-state index contributed by atoms with van der Waals surface area (Å²) in [5.41, 5.74) is 2.51. The molecule has 1 aliphatic carbocycles. The van der Waals surface area contributed by atoms with Crippen LogP contribution in [0.15, 0.2) is 16.6 Å². The van der Waals surface area contributed by atoms with Crippen molar-refractivity contribution in [1.29, 1.82) is 0 Å². The Kier molecular flexibility index (Phi) is 7.05. The number of halogens is 1. The van der Waals surface area contributed by atoms with Crippen molar-refractivity contribution >= 4 is 15.9 Å². The van der Waals surface area contributed by atoms with E-state index >= 15 is 0 Å². The largest absolute Gasteiger partial charge is 0.493 e. The third kappa shape index (κ3) is 5.99. The predicted octanol–water partition coefficient (Wildman–Crippen LogP) is 5.36. The van der Waals surface area contributed by atoms with Gasteiger partial charge in [0.25, 0.3) is 0 Å². The monoisotopic (exact) mass is 353 g/mol. The average Bonchev–Trinajstić information content (AvgIpc) is 3.26. The number of hydrogen-bond donors (Lipinski definition) is 1. The highest BCUT2D eigenvalue weighted by atomic mass is 79.9. The highest BCUT2D eigenvalue weighted by molar-refractivity contribution is 9.10. The second-order valence-corrected chi connectivity index (χ2v) is 7.04. The van der Waals surface area contributed by atoms with E-state index in [-0.39, 0.29) is 0 Å². The summed E-state index contributed by atoms with van der Waals surface area (Å²) < 4.78 is 7.24. The van der Waals surface area contributed by atoms with Crippen LogP contribution in [-0.4, -0.2) is 12.6 Å². The molecule has 1 aliphatic rings. The van der Waals surface area contributed by atoms with Crippen LogP contribution in [0.5, 0.6) is 5.75 Å². The van der Waals surface area contributed by atoms with Crippen LogP contribution in [0.2, 0.25) is 0 Å². The van der Waals surface area contributed by atoms with Crippen molar-refractivity contribution in [2.75, 3.05) is 6.61 Å². The van der Waals surface area contributed by atoms with Crippen LogP contribution in [0.3, 0.4) is 0 Å². The number of rotatable bonds is 10. The molecular weight excluding hydrogens is 326 g/mol. The molecule has 1 N–H and O–H groups in total. The van der Waals surface area contributed by atoms with Gasteiger partial charge in [0.1, 0.15) is 5.75 Å². The summed E-state index contributed by atoms with van der Waals surface area (Å²) in [5.74, 6) is 1.09. The molecule has 1 aromatic carbocycles. The molecule has 0 heterocycles. The normalized spacial score (nSPS) is 14.4. The van der Waals surface area contributed by atoms with Crippen molar-refractivity contribution in [2.24, 2.45) is 0 Å². The molecule has 1 fully saturated rings. The van der Waals surface area contributed by atoms with Gasteiger partial charge in [-0.3, -0.25) is 0 Å². The number of hydrogen-bond acceptors (Lipinski definition) is 2. The summed E-state index contributed by atoms with van der Waals surface area (Å²) >= 11 is 3.60. The van der Waals surface area contributed by atoms with Gasteiger partial charge in [0.2, 0.25) is 0 Å². The minimum atomic E-state index is 0.728. The van der Waals surface area contributed by atoms with Crippen LogP contribution in [0, 0.1) is 6.92 Å². The summed E-state index contributed by atoms with van der Waals surface area (Å²) in [7, 11) is 0. The van der Waals surface area contributed by atoms with E-state index < -0.39 is 0 Å². The Morgan fingerprint density at radius 1 is 1.19 bits per heavy atom. The summed E-state index contributed by atoms with van der Waals surface area (Å²) in [4.78, 5) is 0. The van der Waals surface area contributed by atoms with Gasteiger partial charge < -0.3 is 10.1 Å². The fourth-order valence-corrected chi connectivity index (χ4v) is 3.18. The van der Waals surface area contributed by atoms with Gasteiger partial charge in [-0.2, -0.15) is 0 Å². The Morgan fingerprint density at radius 3 is 2.67 bits per heavy atom. The fraction of sp³-hybridized carbons (Fsp3) is 0.667. The summed E-state index contributed by atoms with van der Waals surface area (Å²) in [6, 6.07) is 5.06. The second kappa shape index (κ2) is 8.79. The molecule has 0 aromatic heterocycles. The van der Waals surface area contributed by atoms with Gasteiger partial charge in [-0.05, 0) is 43.9 Å². The zero-order chi connectivity index (χ0) is 15.1. The number of aryl methyl sites for hydroxylation is 1. The number of nitrogens with one attached hydrogen (secondary N) is 1. The Bertz CT molecular complexity index is 443. The SMILES string of the molecule is CCCCCCCOc1c(C)cc(Br)cc1CNC1CC1. The Morgan fingerprint density at radius 2 is 1.95 bits per heavy atom. The standard InChI is InChI=1S/C18H28BrNO/c1-3-4-5-6-7-10-21-18-14(2)11-16(19)12-15(18)13-20-17-8-9-17/h11-12,17,20H,3-10,13H2,1-2H3. The predicted molar refractivity (Wildman–Crippen MR) is 93.0 cm³/mol. The van der Waals surface area contributed by atoms with Crippen LogP contribution in [0.4, 0.5) is 0 Å². The minimum absolute atomic E-state index is 0.728. The van der Waals surface area contributed by atoms with E-state index in [1.165, 1.54) is 49.7 Å². The van der Waals surface area contributed by atoms with Crippen molar-refractivity contribution in [1.82, 2.24) is 5.32 Å². The molecular formula is C18H28BrNO. The zero-order valence-corrected chi connectivity index (χ0v) is 15.0. The van der Waals surface area contributed by atoms with Crippen LogP contribution in [0.25, 0.3) is 0 Å². The Hall–Kier alpha value is -0.540. The first-order valence-electron chi connectivity index (χ1n) is 8.36. The van der Waals surface area contributed by atoms with E-state index in [4.69, 9.17) is 4.74 Å². The molecule has 118 valence electrons. The van der Waals surface area contributed by atoms with E-state index in [0.717, 1.165) is 35.8 Å². The molecule has 0 spiro atoms. The fourth-order valence-electron chi connectivity index (χ4n) is 2.56. The van der Waals surface area contributed by atoms with Crippen LogP contribution < -0.4 is 10.1 Å². The van der Waals surface area contributed by atoms with Gasteiger partial charge >= 0.3 is 0 Å². The minimum Gasteiger partial charge on any atom is -0.493 e. The van der Waals surface area contributed by atoms with Crippen molar-refractivity contribution in [2.45, 2.75) is 71.4 Å². The van der Waals surface area contributed by atoms with Gasteiger partial charge in [0.05, 0.1) is 6.61 Å². The van der Waals surface area contributed by atoms with Gasteiger partial charge in [-0.15, -0.1) is 0 Å².